The average molecular weight is 341 g/mol. The molecule has 1 amide bonds. The average Bonchev–Trinajstić information content (AvgIpc) is 2.72. The fraction of sp³-hybridized carbons (Fsp3) is 0.643. The Labute approximate surface area is 137 Å². The second-order valence-corrected chi connectivity index (χ2v) is 7.85. The van der Waals surface area contributed by atoms with Crippen LogP contribution in [0.2, 0.25) is 0 Å². The summed E-state index contributed by atoms with van der Waals surface area (Å²) in [5.74, 6) is 0.404. The van der Waals surface area contributed by atoms with Crippen LogP contribution in [0.5, 0.6) is 0 Å². The van der Waals surface area contributed by atoms with E-state index in [4.69, 9.17) is 0 Å². The van der Waals surface area contributed by atoms with E-state index in [1.165, 1.54) is 10.6 Å². The molecule has 128 valence electrons. The summed E-state index contributed by atoms with van der Waals surface area (Å²) in [5, 5.41) is 0. The number of carbonyl (C=O) groups is 1. The van der Waals surface area contributed by atoms with Gasteiger partial charge in [-0.1, -0.05) is 0 Å². The summed E-state index contributed by atoms with van der Waals surface area (Å²) in [7, 11) is 0.455. The summed E-state index contributed by atoms with van der Waals surface area (Å²) in [4.78, 5) is 24.6. The quantitative estimate of drug-likeness (QED) is 0.767. The first-order chi connectivity index (χ1) is 10.7. The van der Waals surface area contributed by atoms with Crippen LogP contribution < -0.4 is 4.90 Å². The minimum atomic E-state index is -3.22. The number of aromatic nitrogens is 2. The van der Waals surface area contributed by atoms with Gasteiger partial charge >= 0.3 is 0 Å². The summed E-state index contributed by atoms with van der Waals surface area (Å²) in [5.41, 5.74) is 1.08. The van der Waals surface area contributed by atoms with Gasteiger partial charge in [-0.25, -0.2) is 22.7 Å². The van der Waals surface area contributed by atoms with Crippen molar-refractivity contribution >= 4 is 21.9 Å². The molecule has 0 aromatic carbocycles. The van der Waals surface area contributed by atoms with Crippen LogP contribution >= 0.6 is 0 Å². The van der Waals surface area contributed by atoms with E-state index in [9.17, 15) is 13.2 Å². The minimum Gasteiger partial charge on any atom is -0.347 e. The van der Waals surface area contributed by atoms with Gasteiger partial charge in [-0.3, -0.25) is 4.79 Å². The van der Waals surface area contributed by atoms with Gasteiger partial charge in [0.1, 0.15) is 0 Å². The van der Waals surface area contributed by atoms with Crippen molar-refractivity contribution in [1.82, 2.24) is 19.2 Å². The molecule has 0 bridgehead atoms. The largest absolute Gasteiger partial charge is 0.347 e. The van der Waals surface area contributed by atoms with E-state index in [-0.39, 0.29) is 5.91 Å². The van der Waals surface area contributed by atoms with Crippen LogP contribution in [-0.2, 0) is 10.0 Å². The van der Waals surface area contributed by atoms with Crippen LogP contribution in [0.1, 0.15) is 22.5 Å². The Balaban J connectivity index is 2.15. The van der Waals surface area contributed by atoms with Gasteiger partial charge in [0.15, 0.2) is 0 Å². The molecule has 1 fully saturated rings. The number of hydrogen-bond acceptors (Lipinski definition) is 6. The maximum Gasteiger partial charge on any atom is 0.257 e. The van der Waals surface area contributed by atoms with Gasteiger partial charge in [-0.15, -0.1) is 0 Å². The second kappa shape index (κ2) is 6.79. The van der Waals surface area contributed by atoms with E-state index in [0.29, 0.717) is 49.8 Å². The van der Waals surface area contributed by atoms with E-state index < -0.39 is 10.0 Å². The lowest BCUT2D eigenvalue weighted by Crippen LogP contribution is -2.37. The summed E-state index contributed by atoms with van der Waals surface area (Å²) in [6.07, 6.45) is 3.36. The van der Waals surface area contributed by atoms with Crippen molar-refractivity contribution in [3.63, 3.8) is 0 Å². The number of nitrogens with zero attached hydrogens (tertiary/aromatic N) is 5. The normalized spacial score (nSPS) is 17.0. The number of rotatable bonds is 3. The zero-order valence-electron chi connectivity index (χ0n) is 14.0. The fourth-order valence-electron chi connectivity index (χ4n) is 2.48. The fourth-order valence-corrected chi connectivity index (χ4v) is 3.35. The van der Waals surface area contributed by atoms with Crippen molar-refractivity contribution in [2.45, 2.75) is 13.3 Å². The molecular formula is C14H23N5O3S. The molecular weight excluding hydrogens is 318 g/mol. The Morgan fingerprint density at radius 2 is 1.91 bits per heavy atom. The van der Waals surface area contributed by atoms with Crippen molar-refractivity contribution in [2.24, 2.45) is 0 Å². The number of carbonyl (C=O) groups excluding carboxylic acids is 1. The highest BCUT2D eigenvalue weighted by molar-refractivity contribution is 7.88. The first-order valence-electron chi connectivity index (χ1n) is 7.45. The van der Waals surface area contributed by atoms with Crippen molar-refractivity contribution in [3.8, 4) is 0 Å². The molecule has 1 aliphatic heterocycles. The highest BCUT2D eigenvalue weighted by Crippen LogP contribution is 2.14. The minimum absolute atomic E-state index is 0.150. The lowest BCUT2D eigenvalue weighted by Gasteiger charge is -2.22. The first-order valence-corrected chi connectivity index (χ1v) is 9.30. The van der Waals surface area contributed by atoms with Crippen LogP contribution in [0.4, 0.5) is 5.95 Å². The third kappa shape index (κ3) is 4.17. The van der Waals surface area contributed by atoms with Crippen LogP contribution in [0, 0.1) is 6.92 Å². The Bertz CT molecular complexity index is 690. The summed E-state index contributed by atoms with van der Waals surface area (Å²) >= 11 is 0. The summed E-state index contributed by atoms with van der Waals surface area (Å²) < 4.78 is 24.7. The third-order valence-electron chi connectivity index (χ3n) is 3.81. The third-order valence-corrected chi connectivity index (χ3v) is 5.11. The Hall–Kier alpha value is -1.74. The number of anilines is 1. The maximum atomic E-state index is 12.7. The summed E-state index contributed by atoms with van der Waals surface area (Å²) in [6, 6.07) is 0. The Kier molecular flexibility index (Phi) is 5.20. The lowest BCUT2D eigenvalue weighted by atomic mass is 10.2. The van der Waals surface area contributed by atoms with E-state index in [1.807, 2.05) is 14.1 Å². The van der Waals surface area contributed by atoms with Crippen molar-refractivity contribution < 1.29 is 13.2 Å². The highest BCUT2D eigenvalue weighted by Gasteiger charge is 2.25. The highest BCUT2D eigenvalue weighted by atomic mass is 32.2. The zero-order valence-corrected chi connectivity index (χ0v) is 14.8. The predicted molar refractivity (Wildman–Crippen MR) is 88.0 cm³/mol. The van der Waals surface area contributed by atoms with Gasteiger partial charge in [0, 0.05) is 46.5 Å². The maximum absolute atomic E-state index is 12.7. The zero-order chi connectivity index (χ0) is 17.2. The molecule has 2 rings (SSSR count). The molecule has 9 heteroatoms. The van der Waals surface area contributed by atoms with E-state index >= 15 is 0 Å². The van der Waals surface area contributed by atoms with Gasteiger partial charge in [0.05, 0.1) is 17.5 Å². The van der Waals surface area contributed by atoms with E-state index in [2.05, 4.69) is 9.97 Å². The number of hydrogen-bond donors (Lipinski definition) is 0. The Morgan fingerprint density at radius 3 is 2.48 bits per heavy atom. The van der Waals surface area contributed by atoms with Crippen LogP contribution in [0.3, 0.4) is 0 Å². The molecule has 1 aromatic rings. The molecule has 0 N–H and O–H groups in total. The standard InChI is InChI=1S/C14H23N5O3S/c1-11-12(10-15-14(16-11)17(2)3)13(20)18-6-5-7-19(9-8-18)23(4,21)22/h10H,5-9H2,1-4H3. The Morgan fingerprint density at radius 1 is 1.22 bits per heavy atom. The molecule has 8 nitrogen and oxygen atoms in total. The number of aryl methyl sites for hydroxylation is 1. The van der Waals surface area contributed by atoms with Crippen LogP contribution in [0.15, 0.2) is 6.20 Å². The molecule has 0 saturated carbocycles. The molecule has 0 radical (unpaired) electrons. The van der Waals surface area contributed by atoms with Gasteiger partial charge in [0.2, 0.25) is 16.0 Å². The lowest BCUT2D eigenvalue weighted by molar-refractivity contribution is 0.0762. The molecule has 23 heavy (non-hydrogen) atoms. The first kappa shape index (κ1) is 17.6. The van der Waals surface area contributed by atoms with Crippen molar-refractivity contribution in [2.75, 3.05) is 51.4 Å². The molecule has 1 saturated heterocycles. The SMILES string of the molecule is Cc1nc(N(C)C)ncc1C(=O)N1CCCN(S(C)(=O)=O)CC1. The molecule has 2 heterocycles. The predicted octanol–water partition coefficient (Wildman–Crippen LogP) is -0.0415. The second-order valence-electron chi connectivity index (χ2n) is 5.87. The van der Waals surface area contributed by atoms with Gasteiger partial charge < -0.3 is 9.80 Å². The molecule has 0 spiro atoms. The number of sulfonamides is 1. The van der Waals surface area contributed by atoms with Crippen LogP contribution in [0.25, 0.3) is 0 Å². The van der Waals surface area contributed by atoms with Gasteiger partial charge in [-0.05, 0) is 13.3 Å². The van der Waals surface area contributed by atoms with Crippen LogP contribution in [-0.4, -0.2) is 80.0 Å². The molecule has 1 aromatic heterocycles. The molecule has 0 atom stereocenters. The summed E-state index contributed by atoms with van der Waals surface area (Å²) in [6.45, 7) is 3.45. The monoisotopic (exact) mass is 341 g/mol. The van der Waals surface area contributed by atoms with Crippen molar-refractivity contribution in [1.29, 1.82) is 0 Å². The van der Waals surface area contributed by atoms with Crippen molar-refractivity contribution in [3.05, 3.63) is 17.5 Å². The van der Waals surface area contributed by atoms with E-state index in [0.717, 1.165) is 0 Å². The van der Waals surface area contributed by atoms with E-state index in [1.54, 1.807) is 22.9 Å². The topological polar surface area (TPSA) is 86.7 Å². The molecule has 0 aliphatic carbocycles. The number of amides is 1. The molecule has 1 aliphatic rings. The smallest absolute Gasteiger partial charge is 0.257 e. The molecule has 0 unspecified atom stereocenters. The van der Waals surface area contributed by atoms with Gasteiger partial charge in [-0.2, -0.15) is 0 Å². The van der Waals surface area contributed by atoms with Gasteiger partial charge in [0.25, 0.3) is 5.91 Å².